The van der Waals surface area contributed by atoms with Gasteiger partial charge in [0.1, 0.15) is 0 Å². The summed E-state index contributed by atoms with van der Waals surface area (Å²) in [7, 11) is 0. The molecule has 3 nitrogen and oxygen atoms in total. The van der Waals surface area contributed by atoms with Crippen LogP contribution in [0.1, 0.15) is 37.3 Å². The van der Waals surface area contributed by atoms with Crippen LogP contribution in [0.5, 0.6) is 0 Å². The van der Waals surface area contributed by atoms with Crippen LogP contribution in [0, 0.1) is 6.92 Å². The van der Waals surface area contributed by atoms with Crippen LogP contribution in [-0.4, -0.2) is 30.1 Å². The molecule has 5 heteroatoms. The highest BCUT2D eigenvalue weighted by Gasteiger charge is 2.24. The molecule has 2 N–H and O–H groups in total. The number of hydrogen-bond acceptors (Lipinski definition) is 2. The van der Waals surface area contributed by atoms with Crippen LogP contribution in [0.25, 0.3) is 0 Å². The molecule has 2 unspecified atom stereocenters. The fraction of sp³-hybridized carbons (Fsp3) is 0.588. The van der Waals surface area contributed by atoms with Crippen LogP contribution in [0.4, 0.5) is 0 Å². The zero-order valence-corrected chi connectivity index (χ0v) is 16.9. The number of benzene rings is 1. The van der Waals surface area contributed by atoms with Gasteiger partial charge in [0.15, 0.2) is 5.96 Å². The van der Waals surface area contributed by atoms with Gasteiger partial charge in [-0.15, -0.1) is 24.0 Å². The molecular formula is C17H28IN3S. The predicted molar refractivity (Wildman–Crippen MR) is 109 cm³/mol. The molecule has 0 heterocycles. The first kappa shape index (κ1) is 19.6. The standard InChI is InChI=1S/C17H27N3S.HI/c1-4-18-17(20-15-9-10-16(11-15)21-3)19-12-14-7-5-13(2)6-8-14;/h5-8,15-16H,4,9-12H2,1-3H3,(H2,18,19,20);1H. The minimum absolute atomic E-state index is 0. The number of nitrogens with one attached hydrogen (secondary N) is 2. The Bertz CT molecular complexity index is 461. The fourth-order valence-corrected chi connectivity index (χ4v) is 3.46. The second-order valence-corrected chi connectivity index (χ2v) is 6.83. The van der Waals surface area contributed by atoms with Gasteiger partial charge in [-0.2, -0.15) is 11.8 Å². The molecule has 2 rings (SSSR count). The maximum absolute atomic E-state index is 4.72. The zero-order valence-electron chi connectivity index (χ0n) is 13.8. The summed E-state index contributed by atoms with van der Waals surface area (Å²) in [5.41, 5.74) is 2.55. The third kappa shape index (κ3) is 6.36. The van der Waals surface area contributed by atoms with Crippen LogP contribution in [0.3, 0.4) is 0 Å². The van der Waals surface area contributed by atoms with Crippen molar-refractivity contribution in [2.45, 2.75) is 50.9 Å². The Labute approximate surface area is 156 Å². The van der Waals surface area contributed by atoms with E-state index in [2.05, 4.69) is 55.0 Å². The Kier molecular flexibility index (Phi) is 9.24. The Hall–Kier alpha value is -0.430. The number of hydrogen-bond donors (Lipinski definition) is 2. The quantitative estimate of drug-likeness (QED) is 0.420. The van der Waals surface area contributed by atoms with Gasteiger partial charge in [-0.25, -0.2) is 4.99 Å². The van der Waals surface area contributed by atoms with Crippen molar-refractivity contribution in [3.63, 3.8) is 0 Å². The molecule has 1 aromatic rings. The molecule has 1 aromatic carbocycles. The molecule has 1 aliphatic rings. The molecule has 1 fully saturated rings. The normalized spacial score (nSPS) is 21.3. The van der Waals surface area contributed by atoms with E-state index in [1.807, 2.05) is 11.8 Å². The second-order valence-electron chi connectivity index (χ2n) is 5.69. The Morgan fingerprint density at radius 1 is 1.27 bits per heavy atom. The molecule has 0 saturated heterocycles. The molecule has 22 heavy (non-hydrogen) atoms. The molecule has 0 aromatic heterocycles. The van der Waals surface area contributed by atoms with E-state index >= 15 is 0 Å². The first-order chi connectivity index (χ1) is 10.2. The molecule has 124 valence electrons. The lowest BCUT2D eigenvalue weighted by atomic mass is 10.1. The van der Waals surface area contributed by atoms with Crippen LogP contribution in [0.2, 0.25) is 0 Å². The topological polar surface area (TPSA) is 36.4 Å². The molecule has 0 bridgehead atoms. The average Bonchev–Trinajstić information content (AvgIpc) is 2.94. The highest BCUT2D eigenvalue weighted by Crippen LogP contribution is 2.28. The Morgan fingerprint density at radius 2 is 2.00 bits per heavy atom. The molecule has 2 atom stereocenters. The lowest BCUT2D eigenvalue weighted by Gasteiger charge is -2.17. The SMILES string of the molecule is CCNC(=NCc1ccc(C)cc1)NC1CCC(SC)C1.I. The minimum Gasteiger partial charge on any atom is -0.357 e. The van der Waals surface area contributed by atoms with E-state index in [-0.39, 0.29) is 24.0 Å². The van der Waals surface area contributed by atoms with Gasteiger partial charge in [0.2, 0.25) is 0 Å². The monoisotopic (exact) mass is 433 g/mol. The number of aliphatic imine (C=N–C) groups is 1. The van der Waals surface area contributed by atoms with Crippen molar-refractivity contribution in [2.24, 2.45) is 4.99 Å². The van der Waals surface area contributed by atoms with Crippen LogP contribution < -0.4 is 10.6 Å². The van der Waals surface area contributed by atoms with E-state index in [4.69, 9.17) is 4.99 Å². The van der Waals surface area contributed by atoms with E-state index in [1.165, 1.54) is 30.4 Å². The third-order valence-electron chi connectivity index (χ3n) is 3.94. The predicted octanol–water partition coefficient (Wildman–Crippen LogP) is 3.95. The van der Waals surface area contributed by atoms with E-state index in [0.29, 0.717) is 6.04 Å². The van der Waals surface area contributed by atoms with Gasteiger partial charge in [-0.1, -0.05) is 29.8 Å². The highest BCUT2D eigenvalue weighted by molar-refractivity contribution is 14.0. The summed E-state index contributed by atoms with van der Waals surface area (Å²) >= 11 is 1.99. The summed E-state index contributed by atoms with van der Waals surface area (Å²) in [6.45, 7) is 5.86. The van der Waals surface area contributed by atoms with Gasteiger partial charge in [-0.05, 0) is 44.9 Å². The van der Waals surface area contributed by atoms with Crippen molar-refractivity contribution >= 4 is 41.7 Å². The first-order valence-corrected chi connectivity index (χ1v) is 9.13. The molecule has 0 spiro atoms. The van der Waals surface area contributed by atoms with Crippen molar-refractivity contribution in [3.8, 4) is 0 Å². The largest absolute Gasteiger partial charge is 0.357 e. The van der Waals surface area contributed by atoms with Gasteiger partial charge >= 0.3 is 0 Å². The van der Waals surface area contributed by atoms with E-state index < -0.39 is 0 Å². The Balaban J connectivity index is 0.00000242. The molecule has 0 amide bonds. The van der Waals surface area contributed by atoms with Gasteiger partial charge in [-0.3, -0.25) is 0 Å². The van der Waals surface area contributed by atoms with E-state index in [9.17, 15) is 0 Å². The van der Waals surface area contributed by atoms with E-state index in [1.54, 1.807) is 0 Å². The summed E-state index contributed by atoms with van der Waals surface area (Å²) in [6.07, 6.45) is 6.02. The maximum Gasteiger partial charge on any atom is 0.191 e. The van der Waals surface area contributed by atoms with Crippen LogP contribution in [-0.2, 0) is 6.54 Å². The molecular weight excluding hydrogens is 405 g/mol. The smallest absolute Gasteiger partial charge is 0.191 e. The third-order valence-corrected chi connectivity index (χ3v) is 5.04. The molecule has 1 aliphatic carbocycles. The second kappa shape index (κ2) is 10.4. The molecule has 0 aliphatic heterocycles. The zero-order chi connectivity index (χ0) is 15.1. The average molecular weight is 433 g/mol. The summed E-state index contributed by atoms with van der Waals surface area (Å²) in [4.78, 5) is 4.72. The van der Waals surface area contributed by atoms with Crippen molar-refractivity contribution in [1.82, 2.24) is 10.6 Å². The number of thioether (sulfide) groups is 1. The first-order valence-electron chi connectivity index (χ1n) is 7.84. The molecule has 0 radical (unpaired) electrons. The van der Waals surface area contributed by atoms with Gasteiger partial charge in [0.05, 0.1) is 6.54 Å². The number of halogens is 1. The lowest BCUT2D eigenvalue weighted by molar-refractivity contribution is 0.615. The number of aryl methyl sites for hydroxylation is 1. The lowest BCUT2D eigenvalue weighted by Crippen LogP contribution is -2.42. The van der Waals surface area contributed by atoms with Crippen molar-refractivity contribution in [3.05, 3.63) is 35.4 Å². The highest BCUT2D eigenvalue weighted by atomic mass is 127. The molecule has 1 saturated carbocycles. The number of nitrogens with zero attached hydrogens (tertiary/aromatic N) is 1. The van der Waals surface area contributed by atoms with Gasteiger partial charge in [0, 0.05) is 17.8 Å². The summed E-state index contributed by atoms with van der Waals surface area (Å²) in [6, 6.07) is 9.16. The van der Waals surface area contributed by atoms with Crippen molar-refractivity contribution < 1.29 is 0 Å². The maximum atomic E-state index is 4.72. The van der Waals surface area contributed by atoms with Crippen molar-refractivity contribution in [2.75, 3.05) is 12.8 Å². The van der Waals surface area contributed by atoms with Gasteiger partial charge < -0.3 is 10.6 Å². The van der Waals surface area contributed by atoms with Gasteiger partial charge in [0.25, 0.3) is 0 Å². The summed E-state index contributed by atoms with van der Waals surface area (Å²) in [5, 5.41) is 7.75. The Morgan fingerprint density at radius 3 is 2.59 bits per heavy atom. The van der Waals surface area contributed by atoms with Crippen molar-refractivity contribution in [1.29, 1.82) is 0 Å². The van der Waals surface area contributed by atoms with Crippen LogP contribution >= 0.6 is 35.7 Å². The fourth-order valence-electron chi connectivity index (χ4n) is 2.66. The number of guanidine groups is 1. The number of rotatable bonds is 5. The van der Waals surface area contributed by atoms with Crippen LogP contribution in [0.15, 0.2) is 29.3 Å². The minimum atomic E-state index is 0. The summed E-state index contributed by atoms with van der Waals surface area (Å²) < 4.78 is 0. The summed E-state index contributed by atoms with van der Waals surface area (Å²) in [5.74, 6) is 0.949. The van der Waals surface area contributed by atoms with E-state index in [0.717, 1.165) is 24.3 Å².